The fraction of sp³-hybridized carbons (Fsp3) is 0.238. The zero-order chi connectivity index (χ0) is 17.2. The molecule has 126 valence electrons. The molecule has 25 heavy (non-hydrogen) atoms. The van der Waals surface area contributed by atoms with Crippen LogP contribution in [0.1, 0.15) is 23.1 Å². The van der Waals surface area contributed by atoms with Gasteiger partial charge in [-0.3, -0.25) is 0 Å². The summed E-state index contributed by atoms with van der Waals surface area (Å²) in [6.45, 7) is 5.18. The summed E-state index contributed by atoms with van der Waals surface area (Å²) in [6, 6.07) is 16.9. The van der Waals surface area contributed by atoms with Crippen molar-refractivity contribution in [3.63, 3.8) is 0 Å². The van der Waals surface area contributed by atoms with Gasteiger partial charge in [-0.25, -0.2) is 4.98 Å². The van der Waals surface area contributed by atoms with Crippen molar-refractivity contribution < 1.29 is 0 Å². The molecule has 0 aliphatic carbocycles. The highest BCUT2D eigenvalue weighted by Crippen LogP contribution is 2.32. The highest BCUT2D eigenvalue weighted by molar-refractivity contribution is 5.67. The minimum atomic E-state index is 0.632. The number of fused-ring (bicyclic) bond motifs is 1. The lowest BCUT2D eigenvalue weighted by atomic mass is 10.0. The van der Waals surface area contributed by atoms with Gasteiger partial charge in [0.15, 0.2) is 0 Å². The highest BCUT2D eigenvalue weighted by Gasteiger charge is 2.19. The molecule has 0 amide bonds. The van der Waals surface area contributed by atoms with Crippen LogP contribution in [-0.2, 0) is 6.42 Å². The van der Waals surface area contributed by atoms with E-state index in [-0.39, 0.29) is 0 Å². The predicted octanol–water partition coefficient (Wildman–Crippen LogP) is 4.92. The number of nitrogens with one attached hydrogen (secondary N) is 1. The average Bonchev–Trinajstić information content (AvgIpc) is 2.64. The Hall–Kier alpha value is -2.88. The van der Waals surface area contributed by atoms with E-state index in [1.54, 1.807) is 0 Å². The molecule has 4 heteroatoms. The second-order valence-corrected chi connectivity index (χ2v) is 6.57. The molecule has 0 spiro atoms. The zero-order valence-electron chi connectivity index (χ0n) is 14.7. The highest BCUT2D eigenvalue weighted by atomic mass is 15.2. The van der Waals surface area contributed by atoms with Crippen LogP contribution in [0.15, 0.2) is 54.7 Å². The summed E-state index contributed by atoms with van der Waals surface area (Å²) < 4.78 is 0. The van der Waals surface area contributed by atoms with Crippen LogP contribution in [0.5, 0.6) is 0 Å². The number of benzene rings is 2. The zero-order valence-corrected chi connectivity index (χ0v) is 14.7. The van der Waals surface area contributed by atoms with Crippen LogP contribution in [0.2, 0.25) is 0 Å². The second kappa shape index (κ2) is 6.55. The van der Waals surface area contributed by atoms with E-state index >= 15 is 0 Å². The van der Waals surface area contributed by atoms with Crippen LogP contribution >= 0.6 is 0 Å². The Bertz CT molecular complexity index is 904. The van der Waals surface area contributed by atoms with Crippen LogP contribution in [0.4, 0.5) is 23.1 Å². The van der Waals surface area contributed by atoms with Crippen molar-refractivity contribution in [3.05, 3.63) is 71.4 Å². The van der Waals surface area contributed by atoms with E-state index in [1.165, 1.54) is 22.4 Å². The maximum atomic E-state index is 4.76. The van der Waals surface area contributed by atoms with Crippen molar-refractivity contribution >= 4 is 23.1 Å². The molecule has 1 aromatic heterocycles. The third-order valence-corrected chi connectivity index (χ3v) is 4.66. The van der Waals surface area contributed by atoms with Gasteiger partial charge in [0.1, 0.15) is 5.82 Å². The molecule has 2 aromatic carbocycles. The molecule has 0 fully saturated rings. The van der Waals surface area contributed by atoms with Gasteiger partial charge in [-0.2, -0.15) is 4.98 Å². The molecule has 3 aromatic rings. The summed E-state index contributed by atoms with van der Waals surface area (Å²) >= 11 is 0. The van der Waals surface area contributed by atoms with Crippen LogP contribution in [-0.4, -0.2) is 16.5 Å². The van der Waals surface area contributed by atoms with Gasteiger partial charge in [0, 0.05) is 24.1 Å². The summed E-state index contributed by atoms with van der Waals surface area (Å²) in [5.41, 5.74) is 6.13. The summed E-state index contributed by atoms with van der Waals surface area (Å²) in [4.78, 5) is 11.4. The van der Waals surface area contributed by atoms with Gasteiger partial charge >= 0.3 is 0 Å². The second-order valence-electron chi connectivity index (χ2n) is 6.57. The molecule has 2 heterocycles. The summed E-state index contributed by atoms with van der Waals surface area (Å²) in [5, 5.41) is 3.35. The first-order chi connectivity index (χ1) is 12.2. The first-order valence-electron chi connectivity index (χ1n) is 8.73. The normalized spacial score (nSPS) is 13.4. The van der Waals surface area contributed by atoms with Crippen LogP contribution in [0.3, 0.4) is 0 Å². The molecule has 1 N–H and O–H groups in total. The molecule has 0 saturated heterocycles. The van der Waals surface area contributed by atoms with E-state index in [9.17, 15) is 0 Å². The number of aromatic nitrogens is 2. The van der Waals surface area contributed by atoms with Crippen molar-refractivity contribution in [1.29, 1.82) is 0 Å². The van der Waals surface area contributed by atoms with E-state index in [2.05, 4.69) is 71.5 Å². The topological polar surface area (TPSA) is 41.1 Å². The molecule has 4 rings (SSSR count). The van der Waals surface area contributed by atoms with Gasteiger partial charge in [0.2, 0.25) is 5.95 Å². The molecule has 0 saturated carbocycles. The van der Waals surface area contributed by atoms with Crippen LogP contribution < -0.4 is 10.2 Å². The fourth-order valence-electron chi connectivity index (χ4n) is 3.41. The number of rotatable bonds is 3. The maximum absolute atomic E-state index is 4.76. The number of para-hydroxylation sites is 1. The number of hydrogen-bond donors (Lipinski definition) is 1. The Kier molecular flexibility index (Phi) is 4.10. The maximum Gasteiger partial charge on any atom is 0.229 e. The standard InChI is InChI=1S/C21H22N4/c1-15-9-10-18(16(2)14-15)23-21-22-12-11-20(24-21)25-13-5-7-17-6-3-4-8-19(17)25/h3-4,6,8-12,14H,5,7,13H2,1-2H3,(H,22,23,24). The molecule has 0 atom stereocenters. The van der Waals surface area contributed by atoms with E-state index in [1.807, 2.05) is 12.3 Å². The molecule has 1 aliphatic rings. The molecule has 0 unspecified atom stereocenters. The lowest BCUT2D eigenvalue weighted by molar-refractivity contribution is 0.759. The molecule has 4 nitrogen and oxygen atoms in total. The lowest BCUT2D eigenvalue weighted by Gasteiger charge is -2.30. The summed E-state index contributed by atoms with van der Waals surface area (Å²) in [6.07, 6.45) is 4.09. The van der Waals surface area contributed by atoms with Gasteiger partial charge in [-0.1, -0.05) is 35.9 Å². The van der Waals surface area contributed by atoms with E-state index in [0.29, 0.717) is 5.95 Å². The van der Waals surface area contributed by atoms with Crippen molar-refractivity contribution in [2.24, 2.45) is 0 Å². The van der Waals surface area contributed by atoms with E-state index in [4.69, 9.17) is 4.98 Å². The minimum Gasteiger partial charge on any atom is -0.326 e. The largest absolute Gasteiger partial charge is 0.326 e. The number of hydrogen-bond acceptors (Lipinski definition) is 4. The molecular formula is C21H22N4. The van der Waals surface area contributed by atoms with Gasteiger partial charge < -0.3 is 10.2 Å². The molecule has 0 radical (unpaired) electrons. The number of nitrogens with zero attached hydrogens (tertiary/aromatic N) is 3. The first-order valence-corrected chi connectivity index (χ1v) is 8.73. The summed E-state index contributed by atoms with van der Waals surface area (Å²) in [7, 11) is 0. The van der Waals surface area contributed by atoms with Gasteiger partial charge in [-0.05, 0) is 56.0 Å². The molecule has 1 aliphatic heterocycles. The third-order valence-electron chi connectivity index (χ3n) is 4.66. The van der Waals surface area contributed by atoms with Gasteiger partial charge in [0.05, 0.1) is 0 Å². The summed E-state index contributed by atoms with van der Waals surface area (Å²) in [5.74, 6) is 1.57. The Morgan fingerprint density at radius 1 is 1.04 bits per heavy atom. The Labute approximate surface area is 148 Å². The van der Waals surface area contributed by atoms with E-state index < -0.39 is 0 Å². The Morgan fingerprint density at radius 2 is 1.92 bits per heavy atom. The van der Waals surface area contributed by atoms with Crippen LogP contribution in [0, 0.1) is 13.8 Å². The number of anilines is 4. The lowest BCUT2D eigenvalue weighted by Crippen LogP contribution is -2.25. The first kappa shape index (κ1) is 15.6. The molecule has 0 bridgehead atoms. The van der Waals surface area contributed by atoms with Crippen LogP contribution in [0.25, 0.3) is 0 Å². The fourth-order valence-corrected chi connectivity index (χ4v) is 3.41. The SMILES string of the molecule is Cc1ccc(Nc2nccc(N3CCCc4ccccc43)n2)c(C)c1. The number of aryl methyl sites for hydroxylation is 3. The monoisotopic (exact) mass is 330 g/mol. The van der Waals surface area contributed by atoms with E-state index in [0.717, 1.165) is 30.9 Å². The van der Waals surface area contributed by atoms with Crippen molar-refractivity contribution in [2.45, 2.75) is 26.7 Å². The predicted molar refractivity (Wildman–Crippen MR) is 103 cm³/mol. The smallest absolute Gasteiger partial charge is 0.229 e. The van der Waals surface area contributed by atoms with Crippen molar-refractivity contribution in [2.75, 3.05) is 16.8 Å². The minimum absolute atomic E-state index is 0.632. The average molecular weight is 330 g/mol. The van der Waals surface area contributed by atoms with Gasteiger partial charge in [0.25, 0.3) is 0 Å². The van der Waals surface area contributed by atoms with Crippen molar-refractivity contribution in [1.82, 2.24) is 9.97 Å². The quantitative estimate of drug-likeness (QED) is 0.740. The van der Waals surface area contributed by atoms with Crippen molar-refractivity contribution in [3.8, 4) is 0 Å². The third kappa shape index (κ3) is 3.20. The molecular weight excluding hydrogens is 308 g/mol. The van der Waals surface area contributed by atoms with Gasteiger partial charge in [-0.15, -0.1) is 0 Å². The Balaban J connectivity index is 1.64. The Morgan fingerprint density at radius 3 is 2.80 bits per heavy atom.